The van der Waals surface area contributed by atoms with Crippen molar-refractivity contribution in [3.63, 3.8) is 0 Å². The molecule has 2 aromatic rings. The van der Waals surface area contributed by atoms with Crippen molar-refractivity contribution in [1.82, 2.24) is 4.98 Å². The number of anilines is 1. The molecule has 0 saturated heterocycles. The second-order valence-electron chi connectivity index (χ2n) is 4.44. The largest absolute Gasteiger partial charge is 0.481 e. The van der Waals surface area contributed by atoms with Crippen molar-refractivity contribution in [1.29, 1.82) is 0 Å². The summed E-state index contributed by atoms with van der Waals surface area (Å²) in [6.07, 6.45) is 1.83. The maximum absolute atomic E-state index is 5.03. The van der Waals surface area contributed by atoms with Crippen LogP contribution in [0.15, 0.2) is 36.5 Å². The lowest BCUT2D eigenvalue weighted by molar-refractivity contribution is 0.397. The van der Waals surface area contributed by atoms with E-state index in [1.807, 2.05) is 18.3 Å². The average Bonchev–Trinajstić information content (AvgIpc) is 2.36. The van der Waals surface area contributed by atoms with Crippen molar-refractivity contribution in [2.24, 2.45) is 0 Å². The lowest BCUT2D eigenvalue weighted by Crippen LogP contribution is -2.00. The molecule has 0 spiro atoms. The predicted octanol–water partition coefficient (Wildman–Crippen LogP) is 3.32. The monoisotopic (exact) mass is 242 g/mol. The molecule has 0 fully saturated rings. The van der Waals surface area contributed by atoms with Crippen LogP contribution in [0.1, 0.15) is 16.7 Å². The number of hydrogen-bond donors (Lipinski definition) is 1. The summed E-state index contributed by atoms with van der Waals surface area (Å²) in [5, 5.41) is 3.40. The first-order chi connectivity index (χ1) is 8.67. The number of rotatable bonds is 4. The fourth-order valence-electron chi connectivity index (χ4n) is 1.92. The van der Waals surface area contributed by atoms with Gasteiger partial charge in [0.15, 0.2) is 0 Å². The van der Waals surface area contributed by atoms with Crippen LogP contribution >= 0.6 is 0 Å². The first kappa shape index (κ1) is 12.4. The van der Waals surface area contributed by atoms with Gasteiger partial charge in [-0.05, 0) is 42.7 Å². The summed E-state index contributed by atoms with van der Waals surface area (Å²) in [5.41, 5.74) is 4.81. The van der Waals surface area contributed by atoms with Crippen LogP contribution in [0.3, 0.4) is 0 Å². The number of pyridine rings is 1. The first-order valence-corrected chi connectivity index (χ1v) is 5.98. The average molecular weight is 242 g/mol. The van der Waals surface area contributed by atoms with Gasteiger partial charge in [0.1, 0.15) is 0 Å². The molecule has 1 N–H and O–H groups in total. The Labute approximate surface area is 108 Å². The Morgan fingerprint density at radius 3 is 2.39 bits per heavy atom. The van der Waals surface area contributed by atoms with Crippen molar-refractivity contribution < 1.29 is 4.74 Å². The van der Waals surface area contributed by atoms with E-state index in [0.29, 0.717) is 5.88 Å². The van der Waals surface area contributed by atoms with Crippen molar-refractivity contribution >= 4 is 5.69 Å². The minimum Gasteiger partial charge on any atom is -0.481 e. The molecule has 0 amide bonds. The minimum absolute atomic E-state index is 0.644. The van der Waals surface area contributed by atoms with Gasteiger partial charge < -0.3 is 10.1 Å². The molecule has 0 radical (unpaired) electrons. The Hall–Kier alpha value is -2.03. The third kappa shape index (κ3) is 3.23. The molecule has 2 rings (SSSR count). The Morgan fingerprint density at radius 2 is 1.83 bits per heavy atom. The molecule has 3 heteroatoms. The number of ether oxygens (including phenoxy) is 1. The Balaban J connectivity index is 2.01. The van der Waals surface area contributed by atoms with Gasteiger partial charge in [-0.3, -0.25) is 0 Å². The highest BCUT2D eigenvalue weighted by Gasteiger charge is 1.98. The number of hydrogen-bond acceptors (Lipinski definition) is 3. The quantitative estimate of drug-likeness (QED) is 0.893. The van der Waals surface area contributed by atoms with E-state index in [2.05, 4.69) is 42.3 Å². The number of nitrogens with zero attached hydrogens (tertiary/aromatic N) is 1. The third-order valence-electron chi connectivity index (χ3n) is 2.73. The van der Waals surface area contributed by atoms with Crippen LogP contribution in [-0.4, -0.2) is 12.1 Å². The van der Waals surface area contributed by atoms with Crippen molar-refractivity contribution in [3.05, 3.63) is 53.2 Å². The van der Waals surface area contributed by atoms with Crippen LogP contribution < -0.4 is 10.1 Å². The summed E-state index contributed by atoms with van der Waals surface area (Å²) in [5.74, 6) is 0.644. The number of nitrogens with one attached hydrogen (secondary N) is 1. The SMILES string of the molecule is COc1ccc(CNc2cc(C)cc(C)c2)cn1. The van der Waals surface area contributed by atoms with Gasteiger partial charge in [0.25, 0.3) is 0 Å². The number of aryl methyl sites for hydroxylation is 2. The maximum atomic E-state index is 5.03. The molecule has 94 valence electrons. The molecular formula is C15H18N2O. The van der Waals surface area contributed by atoms with Crippen LogP contribution in [0.4, 0.5) is 5.69 Å². The van der Waals surface area contributed by atoms with E-state index in [-0.39, 0.29) is 0 Å². The van der Waals surface area contributed by atoms with Crippen LogP contribution in [0.25, 0.3) is 0 Å². The Bertz CT molecular complexity index is 500. The summed E-state index contributed by atoms with van der Waals surface area (Å²) < 4.78 is 5.03. The predicted molar refractivity (Wildman–Crippen MR) is 74.0 cm³/mol. The van der Waals surface area contributed by atoms with Crippen LogP contribution in [0.5, 0.6) is 5.88 Å². The van der Waals surface area contributed by atoms with Crippen LogP contribution in [-0.2, 0) is 6.54 Å². The van der Waals surface area contributed by atoms with Gasteiger partial charge in [0, 0.05) is 24.5 Å². The fraction of sp³-hybridized carbons (Fsp3) is 0.267. The molecule has 0 aliphatic heterocycles. The topological polar surface area (TPSA) is 34.1 Å². The number of benzene rings is 1. The van der Waals surface area contributed by atoms with E-state index in [1.165, 1.54) is 11.1 Å². The lowest BCUT2D eigenvalue weighted by Gasteiger charge is -2.09. The van der Waals surface area contributed by atoms with Crippen LogP contribution in [0.2, 0.25) is 0 Å². The molecule has 0 unspecified atom stereocenters. The maximum Gasteiger partial charge on any atom is 0.212 e. The molecule has 0 aliphatic rings. The summed E-state index contributed by atoms with van der Waals surface area (Å²) >= 11 is 0. The summed E-state index contributed by atoms with van der Waals surface area (Å²) in [6, 6.07) is 10.3. The highest BCUT2D eigenvalue weighted by molar-refractivity contribution is 5.48. The zero-order valence-electron chi connectivity index (χ0n) is 11.0. The summed E-state index contributed by atoms with van der Waals surface area (Å²) in [7, 11) is 1.62. The van der Waals surface area contributed by atoms with Gasteiger partial charge in [0.2, 0.25) is 5.88 Å². The zero-order valence-corrected chi connectivity index (χ0v) is 11.0. The standard InChI is InChI=1S/C15H18N2O/c1-11-6-12(2)8-14(7-11)16-9-13-4-5-15(18-3)17-10-13/h4-8,10,16H,9H2,1-3H3. The van der Waals surface area contributed by atoms with E-state index in [9.17, 15) is 0 Å². The van der Waals surface area contributed by atoms with Gasteiger partial charge in [-0.2, -0.15) is 0 Å². The lowest BCUT2D eigenvalue weighted by atomic mass is 10.1. The molecule has 0 atom stereocenters. The molecule has 18 heavy (non-hydrogen) atoms. The van der Waals surface area contributed by atoms with E-state index < -0.39 is 0 Å². The molecule has 0 bridgehead atoms. The summed E-state index contributed by atoms with van der Waals surface area (Å²) in [4.78, 5) is 4.18. The molecular weight excluding hydrogens is 224 g/mol. The van der Waals surface area contributed by atoms with Gasteiger partial charge in [-0.15, -0.1) is 0 Å². The van der Waals surface area contributed by atoms with E-state index in [0.717, 1.165) is 17.8 Å². The highest BCUT2D eigenvalue weighted by atomic mass is 16.5. The second kappa shape index (κ2) is 5.54. The molecule has 0 saturated carbocycles. The summed E-state index contributed by atoms with van der Waals surface area (Å²) in [6.45, 7) is 4.97. The highest BCUT2D eigenvalue weighted by Crippen LogP contribution is 2.15. The second-order valence-corrected chi connectivity index (χ2v) is 4.44. The molecule has 1 heterocycles. The van der Waals surface area contributed by atoms with Crippen LogP contribution in [0, 0.1) is 13.8 Å². The van der Waals surface area contributed by atoms with E-state index in [4.69, 9.17) is 4.74 Å². The molecule has 1 aromatic carbocycles. The van der Waals surface area contributed by atoms with Crippen molar-refractivity contribution in [3.8, 4) is 5.88 Å². The fourth-order valence-corrected chi connectivity index (χ4v) is 1.92. The molecule has 0 aliphatic carbocycles. The molecule has 3 nitrogen and oxygen atoms in total. The molecule has 1 aromatic heterocycles. The first-order valence-electron chi connectivity index (χ1n) is 5.98. The van der Waals surface area contributed by atoms with Gasteiger partial charge in [-0.1, -0.05) is 12.1 Å². The van der Waals surface area contributed by atoms with Crippen molar-refractivity contribution in [2.75, 3.05) is 12.4 Å². The normalized spacial score (nSPS) is 10.2. The minimum atomic E-state index is 0.644. The van der Waals surface area contributed by atoms with E-state index in [1.54, 1.807) is 7.11 Å². The third-order valence-corrected chi connectivity index (χ3v) is 2.73. The van der Waals surface area contributed by atoms with E-state index >= 15 is 0 Å². The number of aromatic nitrogens is 1. The zero-order chi connectivity index (χ0) is 13.0. The smallest absolute Gasteiger partial charge is 0.212 e. The Kier molecular flexibility index (Phi) is 3.82. The Morgan fingerprint density at radius 1 is 1.11 bits per heavy atom. The van der Waals surface area contributed by atoms with Gasteiger partial charge in [-0.25, -0.2) is 4.98 Å². The van der Waals surface area contributed by atoms with Crippen molar-refractivity contribution in [2.45, 2.75) is 20.4 Å². The van der Waals surface area contributed by atoms with Gasteiger partial charge in [0.05, 0.1) is 7.11 Å². The van der Waals surface area contributed by atoms with Gasteiger partial charge >= 0.3 is 0 Å². The number of methoxy groups -OCH3 is 1.